The molecule has 0 bridgehead atoms. The van der Waals surface area contributed by atoms with Crippen molar-refractivity contribution in [2.75, 3.05) is 40.8 Å². The molecule has 5 nitrogen and oxygen atoms in total. The van der Waals surface area contributed by atoms with Crippen LogP contribution in [-0.4, -0.2) is 74.2 Å². The largest absolute Gasteiger partial charge is 0.468 e. The summed E-state index contributed by atoms with van der Waals surface area (Å²) < 4.78 is 4.88. The number of carbonyl (C=O) groups excluding carboxylic acids is 1. The maximum atomic E-state index is 11.8. The number of esters is 1. The number of ether oxygens (including phenoxy) is 1. The molecule has 1 saturated heterocycles. The first-order valence-corrected chi connectivity index (χ1v) is 7.05. The topological polar surface area (TPSA) is 44.8 Å². The lowest BCUT2D eigenvalue weighted by atomic mass is 9.97. The number of methoxy groups -OCH3 is 1. The lowest BCUT2D eigenvalue weighted by Crippen LogP contribution is -2.57. The van der Waals surface area contributed by atoms with E-state index in [1.807, 2.05) is 14.0 Å². The zero-order valence-corrected chi connectivity index (χ0v) is 13.2. The van der Waals surface area contributed by atoms with Crippen LogP contribution in [0.15, 0.2) is 0 Å². The van der Waals surface area contributed by atoms with Crippen LogP contribution < -0.4 is 5.32 Å². The Labute approximate surface area is 117 Å². The summed E-state index contributed by atoms with van der Waals surface area (Å²) in [6.45, 7) is 9.43. The third-order valence-electron chi connectivity index (χ3n) is 4.55. The maximum absolute atomic E-state index is 11.8. The number of rotatable bonds is 5. The molecule has 0 saturated carbocycles. The van der Waals surface area contributed by atoms with Crippen LogP contribution in [0.1, 0.15) is 27.2 Å². The Balaban J connectivity index is 2.54. The van der Waals surface area contributed by atoms with E-state index in [1.165, 1.54) is 7.11 Å². The van der Waals surface area contributed by atoms with Gasteiger partial charge in [-0.15, -0.1) is 0 Å². The van der Waals surface area contributed by atoms with Gasteiger partial charge in [0.15, 0.2) is 0 Å². The maximum Gasteiger partial charge on any atom is 0.325 e. The Hall–Kier alpha value is -0.650. The van der Waals surface area contributed by atoms with Crippen LogP contribution in [0.4, 0.5) is 0 Å². The fourth-order valence-electron chi connectivity index (χ4n) is 2.63. The van der Waals surface area contributed by atoms with Crippen LogP contribution in [0.5, 0.6) is 0 Å². The summed E-state index contributed by atoms with van der Waals surface area (Å²) in [5.74, 6) is -0.190. The molecule has 112 valence electrons. The Kier molecular flexibility index (Phi) is 5.77. The Morgan fingerprint density at radius 3 is 2.32 bits per heavy atom. The second-order valence-electron chi connectivity index (χ2n) is 5.95. The molecule has 0 radical (unpaired) electrons. The molecule has 1 fully saturated rings. The second kappa shape index (κ2) is 6.68. The van der Waals surface area contributed by atoms with E-state index < -0.39 is 5.54 Å². The summed E-state index contributed by atoms with van der Waals surface area (Å²) in [5.41, 5.74) is -0.593. The van der Waals surface area contributed by atoms with Gasteiger partial charge in [0.05, 0.1) is 7.11 Å². The molecule has 0 aromatic rings. The molecular weight excluding hydrogens is 242 g/mol. The summed E-state index contributed by atoms with van der Waals surface area (Å²) in [6, 6.07) is 1.12. The molecule has 0 aliphatic carbocycles. The van der Waals surface area contributed by atoms with Gasteiger partial charge in [0, 0.05) is 31.7 Å². The predicted molar refractivity (Wildman–Crippen MR) is 77.2 cm³/mol. The van der Waals surface area contributed by atoms with Crippen molar-refractivity contribution >= 4 is 5.97 Å². The van der Waals surface area contributed by atoms with Crippen LogP contribution >= 0.6 is 0 Å². The minimum Gasteiger partial charge on any atom is -0.468 e. The summed E-state index contributed by atoms with van der Waals surface area (Å²) >= 11 is 0. The zero-order chi connectivity index (χ0) is 14.6. The summed E-state index contributed by atoms with van der Waals surface area (Å²) in [5, 5.41) is 3.09. The van der Waals surface area contributed by atoms with Crippen molar-refractivity contribution in [3.05, 3.63) is 0 Å². The standard InChI is InChI=1S/C14H29N3O2/c1-11-9-17(10-12(2)16(11)5)8-7-14(3,15-4)13(18)19-6/h11-12,15H,7-10H2,1-6H3. The van der Waals surface area contributed by atoms with E-state index in [9.17, 15) is 4.79 Å². The number of hydrogen-bond donors (Lipinski definition) is 1. The third-order valence-corrected chi connectivity index (χ3v) is 4.55. The molecule has 1 N–H and O–H groups in total. The van der Waals surface area contributed by atoms with Gasteiger partial charge in [-0.3, -0.25) is 9.69 Å². The van der Waals surface area contributed by atoms with Crippen molar-refractivity contribution in [1.29, 1.82) is 0 Å². The summed E-state index contributed by atoms with van der Waals surface area (Å²) in [6.07, 6.45) is 0.763. The SMILES string of the molecule is CNC(C)(CCN1CC(C)N(C)C(C)C1)C(=O)OC. The predicted octanol–water partition coefficient (Wildman–Crippen LogP) is 0.552. The van der Waals surface area contributed by atoms with E-state index in [0.717, 1.165) is 26.1 Å². The molecule has 3 unspecified atom stereocenters. The van der Waals surface area contributed by atoms with Gasteiger partial charge in [0.1, 0.15) is 5.54 Å². The highest BCUT2D eigenvalue weighted by Gasteiger charge is 2.34. The van der Waals surface area contributed by atoms with E-state index in [4.69, 9.17) is 4.74 Å². The van der Waals surface area contributed by atoms with Crippen molar-refractivity contribution < 1.29 is 9.53 Å². The number of nitrogens with zero attached hydrogens (tertiary/aromatic N) is 2. The van der Waals surface area contributed by atoms with Gasteiger partial charge in [-0.25, -0.2) is 0 Å². The van der Waals surface area contributed by atoms with Crippen LogP contribution in [-0.2, 0) is 9.53 Å². The molecule has 0 aromatic heterocycles. The smallest absolute Gasteiger partial charge is 0.325 e. The molecule has 19 heavy (non-hydrogen) atoms. The second-order valence-corrected chi connectivity index (χ2v) is 5.95. The lowest BCUT2D eigenvalue weighted by molar-refractivity contribution is -0.148. The van der Waals surface area contributed by atoms with Gasteiger partial charge in [-0.2, -0.15) is 0 Å². The highest BCUT2D eigenvalue weighted by Crippen LogP contribution is 2.17. The number of carbonyl (C=O) groups is 1. The minimum atomic E-state index is -0.593. The molecule has 1 aliphatic heterocycles. The van der Waals surface area contributed by atoms with Gasteiger partial charge >= 0.3 is 5.97 Å². The van der Waals surface area contributed by atoms with Gasteiger partial charge in [0.25, 0.3) is 0 Å². The van der Waals surface area contributed by atoms with Crippen molar-refractivity contribution in [3.8, 4) is 0 Å². The molecule has 0 spiro atoms. The molecule has 1 rings (SSSR count). The summed E-state index contributed by atoms with van der Waals surface area (Å²) in [4.78, 5) is 16.7. The van der Waals surface area contributed by atoms with E-state index in [0.29, 0.717) is 12.1 Å². The normalized spacial score (nSPS) is 28.9. The zero-order valence-electron chi connectivity index (χ0n) is 13.2. The van der Waals surface area contributed by atoms with Crippen molar-refractivity contribution in [1.82, 2.24) is 15.1 Å². The average molecular weight is 271 g/mol. The highest BCUT2D eigenvalue weighted by atomic mass is 16.5. The van der Waals surface area contributed by atoms with Gasteiger partial charge < -0.3 is 15.0 Å². The fourth-order valence-corrected chi connectivity index (χ4v) is 2.63. The number of piperazine rings is 1. The van der Waals surface area contributed by atoms with Crippen LogP contribution in [0.25, 0.3) is 0 Å². The lowest BCUT2D eigenvalue weighted by Gasteiger charge is -2.43. The van der Waals surface area contributed by atoms with Crippen LogP contribution in [0.2, 0.25) is 0 Å². The summed E-state index contributed by atoms with van der Waals surface area (Å²) in [7, 11) is 5.43. The molecule has 1 heterocycles. The first kappa shape index (κ1) is 16.4. The van der Waals surface area contributed by atoms with E-state index >= 15 is 0 Å². The van der Waals surface area contributed by atoms with E-state index in [2.05, 4.69) is 36.0 Å². The molecule has 0 amide bonds. The first-order valence-electron chi connectivity index (χ1n) is 7.05. The minimum absolute atomic E-state index is 0.190. The van der Waals surface area contributed by atoms with Gasteiger partial charge in [-0.1, -0.05) is 0 Å². The van der Waals surface area contributed by atoms with Crippen LogP contribution in [0, 0.1) is 0 Å². The fraction of sp³-hybridized carbons (Fsp3) is 0.929. The molecular formula is C14H29N3O2. The third kappa shape index (κ3) is 3.91. The highest BCUT2D eigenvalue weighted by molar-refractivity contribution is 5.80. The molecule has 1 aliphatic rings. The monoisotopic (exact) mass is 271 g/mol. The van der Waals surface area contributed by atoms with E-state index in [-0.39, 0.29) is 5.97 Å². The Morgan fingerprint density at radius 2 is 1.89 bits per heavy atom. The van der Waals surface area contributed by atoms with Crippen LogP contribution in [0.3, 0.4) is 0 Å². The number of likely N-dealkylation sites (N-methyl/N-ethyl adjacent to an activating group) is 2. The van der Waals surface area contributed by atoms with Crippen molar-refractivity contribution in [2.24, 2.45) is 0 Å². The number of hydrogen-bond acceptors (Lipinski definition) is 5. The first-order chi connectivity index (χ1) is 8.84. The Morgan fingerprint density at radius 1 is 1.37 bits per heavy atom. The Bertz CT molecular complexity index is 299. The number of nitrogens with one attached hydrogen (secondary N) is 1. The van der Waals surface area contributed by atoms with Crippen molar-refractivity contribution in [2.45, 2.75) is 44.8 Å². The van der Waals surface area contributed by atoms with E-state index in [1.54, 1.807) is 0 Å². The molecule has 3 atom stereocenters. The van der Waals surface area contributed by atoms with Gasteiger partial charge in [0.2, 0.25) is 0 Å². The van der Waals surface area contributed by atoms with Gasteiger partial charge in [-0.05, 0) is 41.3 Å². The molecule has 5 heteroatoms. The van der Waals surface area contributed by atoms with Crippen molar-refractivity contribution in [3.63, 3.8) is 0 Å². The molecule has 0 aromatic carbocycles. The quantitative estimate of drug-likeness (QED) is 0.740. The average Bonchev–Trinajstić information content (AvgIpc) is 2.40.